The van der Waals surface area contributed by atoms with E-state index in [0.717, 1.165) is 12.4 Å². The maximum atomic E-state index is 12.6. The van der Waals surface area contributed by atoms with E-state index in [1.165, 1.54) is 19.3 Å². The number of ether oxygens (including phenoxy) is 1. The van der Waals surface area contributed by atoms with Crippen molar-refractivity contribution in [2.24, 2.45) is 5.92 Å². The molecule has 5 heteroatoms. The van der Waals surface area contributed by atoms with Gasteiger partial charge in [0.1, 0.15) is 0 Å². The van der Waals surface area contributed by atoms with E-state index in [-0.39, 0.29) is 6.01 Å². The predicted octanol–water partition coefficient (Wildman–Crippen LogP) is 1.14. The van der Waals surface area contributed by atoms with Crippen LogP contribution in [-0.2, 0) is 0 Å². The molecule has 2 aliphatic heterocycles. The van der Waals surface area contributed by atoms with Crippen LogP contribution in [0.25, 0.3) is 0 Å². The highest BCUT2D eigenvalue weighted by molar-refractivity contribution is 5.00. The topological polar surface area (TPSA) is 47.0 Å². The van der Waals surface area contributed by atoms with Gasteiger partial charge >= 0.3 is 6.01 Å². The molecule has 2 bridgehead atoms. The van der Waals surface area contributed by atoms with Crippen LogP contribution in [0.15, 0.2) is 12.4 Å². The Balaban J connectivity index is 1.55. The SMILES string of the molecule is Fc1cnc(OCC2CC3CCC2N3)nc1. The number of hydrogen-bond donors (Lipinski definition) is 1. The van der Waals surface area contributed by atoms with Crippen LogP contribution in [0.4, 0.5) is 4.39 Å². The van der Waals surface area contributed by atoms with Crippen LogP contribution in [0.1, 0.15) is 19.3 Å². The van der Waals surface area contributed by atoms with E-state index in [0.29, 0.717) is 24.6 Å². The van der Waals surface area contributed by atoms with Gasteiger partial charge in [-0.1, -0.05) is 0 Å². The normalized spacial score (nSPS) is 31.9. The number of halogens is 1. The third-order valence-corrected chi connectivity index (χ3v) is 3.46. The molecular formula is C11H14FN3O. The van der Waals surface area contributed by atoms with Crippen LogP contribution < -0.4 is 10.1 Å². The van der Waals surface area contributed by atoms with Crippen molar-refractivity contribution >= 4 is 0 Å². The average Bonchev–Trinajstić information content (AvgIpc) is 2.90. The number of aromatic nitrogens is 2. The molecule has 1 aromatic rings. The van der Waals surface area contributed by atoms with Gasteiger partial charge in [0.05, 0.1) is 19.0 Å². The van der Waals surface area contributed by atoms with Gasteiger partial charge in [-0.3, -0.25) is 0 Å². The number of rotatable bonds is 3. The molecule has 0 saturated carbocycles. The van der Waals surface area contributed by atoms with E-state index >= 15 is 0 Å². The molecular weight excluding hydrogens is 209 g/mol. The Labute approximate surface area is 93.2 Å². The fourth-order valence-electron chi connectivity index (χ4n) is 2.68. The van der Waals surface area contributed by atoms with Gasteiger partial charge in [-0.15, -0.1) is 0 Å². The van der Waals surface area contributed by atoms with Crippen molar-refractivity contribution in [2.75, 3.05) is 6.61 Å². The van der Waals surface area contributed by atoms with E-state index in [9.17, 15) is 4.39 Å². The van der Waals surface area contributed by atoms with E-state index in [4.69, 9.17) is 4.74 Å². The highest BCUT2D eigenvalue weighted by Crippen LogP contribution is 2.33. The lowest BCUT2D eigenvalue weighted by molar-refractivity contribution is 0.208. The zero-order chi connectivity index (χ0) is 11.0. The van der Waals surface area contributed by atoms with E-state index in [1.54, 1.807) is 0 Å². The van der Waals surface area contributed by atoms with Gasteiger partial charge in [0, 0.05) is 18.0 Å². The Kier molecular flexibility index (Phi) is 2.47. The molecule has 0 radical (unpaired) electrons. The fourth-order valence-corrected chi connectivity index (χ4v) is 2.68. The van der Waals surface area contributed by atoms with Crippen molar-refractivity contribution in [1.82, 2.24) is 15.3 Å². The Morgan fingerprint density at radius 2 is 2.19 bits per heavy atom. The molecule has 3 atom stereocenters. The van der Waals surface area contributed by atoms with Crippen LogP contribution >= 0.6 is 0 Å². The lowest BCUT2D eigenvalue weighted by atomic mass is 9.90. The Morgan fingerprint density at radius 3 is 2.81 bits per heavy atom. The van der Waals surface area contributed by atoms with Crippen LogP contribution in [0.5, 0.6) is 6.01 Å². The molecule has 86 valence electrons. The molecule has 2 aliphatic rings. The Hall–Kier alpha value is -1.23. The maximum Gasteiger partial charge on any atom is 0.316 e. The van der Waals surface area contributed by atoms with Crippen LogP contribution in [0.2, 0.25) is 0 Å². The average molecular weight is 223 g/mol. The first-order valence-electron chi connectivity index (χ1n) is 5.67. The Morgan fingerprint density at radius 1 is 1.38 bits per heavy atom. The first-order valence-corrected chi connectivity index (χ1v) is 5.67. The van der Waals surface area contributed by atoms with Gasteiger partial charge in [-0.25, -0.2) is 14.4 Å². The van der Waals surface area contributed by atoms with Crippen molar-refractivity contribution in [2.45, 2.75) is 31.3 Å². The summed E-state index contributed by atoms with van der Waals surface area (Å²) in [6.07, 6.45) is 5.95. The molecule has 1 aromatic heterocycles. The van der Waals surface area contributed by atoms with Crippen molar-refractivity contribution < 1.29 is 9.13 Å². The van der Waals surface area contributed by atoms with E-state index < -0.39 is 5.82 Å². The Bertz CT molecular complexity index is 370. The number of hydrogen-bond acceptors (Lipinski definition) is 4. The molecule has 0 spiro atoms. The number of nitrogens with one attached hydrogen (secondary N) is 1. The molecule has 3 rings (SSSR count). The second kappa shape index (κ2) is 3.97. The summed E-state index contributed by atoms with van der Waals surface area (Å²) in [4.78, 5) is 7.55. The molecule has 1 N–H and O–H groups in total. The highest BCUT2D eigenvalue weighted by Gasteiger charge is 2.39. The van der Waals surface area contributed by atoms with Gasteiger partial charge in [0.15, 0.2) is 5.82 Å². The zero-order valence-corrected chi connectivity index (χ0v) is 8.90. The quantitative estimate of drug-likeness (QED) is 0.834. The van der Waals surface area contributed by atoms with Gasteiger partial charge in [0.2, 0.25) is 0 Å². The molecule has 0 aliphatic carbocycles. The smallest absolute Gasteiger partial charge is 0.316 e. The van der Waals surface area contributed by atoms with Gasteiger partial charge < -0.3 is 10.1 Å². The summed E-state index contributed by atoms with van der Waals surface area (Å²) in [7, 11) is 0. The van der Waals surface area contributed by atoms with E-state index in [1.807, 2.05) is 0 Å². The fraction of sp³-hybridized carbons (Fsp3) is 0.636. The number of fused-ring (bicyclic) bond motifs is 2. The molecule has 4 nitrogen and oxygen atoms in total. The number of nitrogens with zero attached hydrogens (tertiary/aromatic N) is 2. The summed E-state index contributed by atoms with van der Waals surface area (Å²) < 4.78 is 18.0. The summed E-state index contributed by atoms with van der Waals surface area (Å²) in [6.45, 7) is 0.625. The molecule has 16 heavy (non-hydrogen) atoms. The van der Waals surface area contributed by atoms with Crippen molar-refractivity contribution in [3.8, 4) is 6.01 Å². The predicted molar refractivity (Wildman–Crippen MR) is 55.5 cm³/mol. The monoisotopic (exact) mass is 223 g/mol. The lowest BCUT2D eigenvalue weighted by Crippen LogP contribution is -2.27. The molecule has 3 unspecified atom stereocenters. The van der Waals surface area contributed by atoms with Gasteiger partial charge in [-0.2, -0.15) is 0 Å². The molecule has 0 amide bonds. The maximum absolute atomic E-state index is 12.6. The lowest BCUT2D eigenvalue weighted by Gasteiger charge is -2.19. The molecule has 0 aromatic carbocycles. The van der Waals surface area contributed by atoms with Crippen LogP contribution in [0.3, 0.4) is 0 Å². The third-order valence-electron chi connectivity index (χ3n) is 3.46. The highest BCUT2D eigenvalue weighted by atomic mass is 19.1. The first kappa shape index (κ1) is 9.96. The van der Waals surface area contributed by atoms with Crippen molar-refractivity contribution in [3.05, 3.63) is 18.2 Å². The summed E-state index contributed by atoms with van der Waals surface area (Å²) in [5, 5.41) is 3.54. The first-order chi connectivity index (χ1) is 7.81. The summed E-state index contributed by atoms with van der Waals surface area (Å²) in [6, 6.07) is 1.53. The minimum Gasteiger partial charge on any atom is -0.463 e. The largest absolute Gasteiger partial charge is 0.463 e. The van der Waals surface area contributed by atoms with Gasteiger partial charge in [0.25, 0.3) is 0 Å². The summed E-state index contributed by atoms with van der Waals surface area (Å²) >= 11 is 0. The minimum absolute atomic E-state index is 0.268. The van der Waals surface area contributed by atoms with Gasteiger partial charge in [-0.05, 0) is 19.3 Å². The minimum atomic E-state index is -0.436. The van der Waals surface area contributed by atoms with Crippen LogP contribution in [0, 0.1) is 11.7 Å². The second-order valence-electron chi connectivity index (χ2n) is 4.54. The summed E-state index contributed by atoms with van der Waals surface area (Å²) in [5.41, 5.74) is 0. The summed E-state index contributed by atoms with van der Waals surface area (Å²) in [5.74, 6) is 0.112. The van der Waals surface area contributed by atoms with Crippen molar-refractivity contribution in [3.63, 3.8) is 0 Å². The molecule has 2 saturated heterocycles. The zero-order valence-electron chi connectivity index (χ0n) is 8.90. The second-order valence-corrected chi connectivity index (χ2v) is 4.54. The molecule has 2 fully saturated rings. The van der Waals surface area contributed by atoms with Crippen LogP contribution in [-0.4, -0.2) is 28.7 Å². The van der Waals surface area contributed by atoms with Crippen molar-refractivity contribution in [1.29, 1.82) is 0 Å². The standard InChI is InChI=1S/C11H14FN3O/c12-8-4-13-11(14-5-8)16-6-7-3-9-1-2-10(7)15-9/h4-5,7,9-10,15H,1-3,6H2. The molecule has 3 heterocycles. The van der Waals surface area contributed by atoms with E-state index in [2.05, 4.69) is 15.3 Å². The third kappa shape index (κ3) is 1.87.